The second-order valence-corrected chi connectivity index (χ2v) is 3.78. The maximum atomic E-state index is 6.12. The van der Waals surface area contributed by atoms with Crippen molar-refractivity contribution in [2.45, 2.75) is 12.5 Å². The van der Waals surface area contributed by atoms with E-state index < -0.39 is 0 Å². The zero-order valence-electron chi connectivity index (χ0n) is 8.68. The average Bonchev–Trinajstić information content (AvgIpc) is 2.98. The first-order valence-corrected chi connectivity index (χ1v) is 5.21. The molecule has 0 saturated heterocycles. The van der Waals surface area contributed by atoms with Gasteiger partial charge in [-0.05, 0) is 5.56 Å². The molecule has 0 radical (unpaired) electrons. The van der Waals surface area contributed by atoms with Crippen molar-refractivity contribution >= 4 is 0 Å². The van der Waals surface area contributed by atoms with Crippen molar-refractivity contribution in [2.24, 2.45) is 5.73 Å². The number of nitrogens with zero attached hydrogens (tertiary/aromatic N) is 2. The highest BCUT2D eigenvalue weighted by Gasteiger charge is 2.22. The van der Waals surface area contributed by atoms with Crippen LogP contribution >= 0.6 is 0 Å². The Bertz CT molecular complexity index is 495. The Kier molecular flexibility index (Phi) is 2.11. The van der Waals surface area contributed by atoms with Crippen molar-refractivity contribution < 1.29 is 4.74 Å². The predicted octanol–water partition coefficient (Wildman–Crippen LogP) is 0.788. The fourth-order valence-corrected chi connectivity index (χ4v) is 2.00. The fourth-order valence-electron chi connectivity index (χ4n) is 2.00. The molecule has 1 unspecified atom stereocenters. The Morgan fingerprint density at radius 1 is 1.44 bits per heavy atom. The monoisotopic (exact) mass is 216 g/mol. The van der Waals surface area contributed by atoms with Gasteiger partial charge >= 0.3 is 0 Å². The number of fused-ring (bicyclic) bond motifs is 1. The summed E-state index contributed by atoms with van der Waals surface area (Å²) in [6.07, 6.45) is 2.41. The lowest BCUT2D eigenvalue weighted by Gasteiger charge is -2.12. The molecule has 5 nitrogen and oxygen atoms in total. The van der Waals surface area contributed by atoms with Gasteiger partial charge in [0.1, 0.15) is 17.9 Å². The molecule has 3 N–H and O–H groups in total. The summed E-state index contributed by atoms with van der Waals surface area (Å²) in [7, 11) is 0. The van der Waals surface area contributed by atoms with Gasteiger partial charge in [0, 0.05) is 12.0 Å². The van der Waals surface area contributed by atoms with Gasteiger partial charge in [-0.3, -0.25) is 5.10 Å². The van der Waals surface area contributed by atoms with Crippen molar-refractivity contribution in [3.63, 3.8) is 0 Å². The number of hydrogen-bond acceptors (Lipinski definition) is 4. The number of hydrogen-bond donors (Lipinski definition) is 2. The van der Waals surface area contributed by atoms with Crippen LogP contribution < -0.4 is 10.5 Å². The molecule has 2 heterocycles. The number of H-pyrrole nitrogens is 1. The minimum atomic E-state index is -0.310. The predicted molar refractivity (Wildman–Crippen MR) is 58.1 cm³/mol. The van der Waals surface area contributed by atoms with Crippen LogP contribution in [0.5, 0.6) is 5.75 Å². The molecule has 1 aromatic heterocycles. The average molecular weight is 216 g/mol. The van der Waals surface area contributed by atoms with E-state index >= 15 is 0 Å². The lowest BCUT2D eigenvalue weighted by molar-refractivity contribution is 0.352. The van der Waals surface area contributed by atoms with Crippen LogP contribution in [0.15, 0.2) is 24.5 Å². The van der Waals surface area contributed by atoms with Crippen molar-refractivity contribution in [1.29, 1.82) is 0 Å². The highest BCUT2D eigenvalue weighted by Crippen LogP contribution is 2.33. The van der Waals surface area contributed by atoms with Gasteiger partial charge in [0.15, 0.2) is 0 Å². The molecule has 3 rings (SSSR count). The molecule has 0 fully saturated rings. The minimum Gasteiger partial charge on any atom is -0.493 e. The summed E-state index contributed by atoms with van der Waals surface area (Å²) in [6, 6.07) is 5.73. The first-order valence-electron chi connectivity index (χ1n) is 5.21. The molecule has 16 heavy (non-hydrogen) atoms. The summed E-state index contributed by atoms with van der Waals surface area (Å²) in [5.41, 5.74) is 8.30. The number of nitrogens with two attached hydrogens (primary N) is 1. The largest absolute Gasteiger partial charge is 0.493 e. The normalized spacial score (nSPS) is 15.6. The molecule has 2 aromatic rings. The third-order valence-corrected chi connectivity index (χ3v) is 2.81. The van der Waals surface area contributed by atoms with Crippen molar-refractivity contribution in [3.8, 4) is 5.75 Å². The molecule has 1 atom stereocenters. The number of benzene rings is 1. The van der Waals surface area contributed by atoms with E-state index in [0.29, 0.717) is 5.82 Å². The molecule has 0 amide bonds. The van der Waals surface area contributed by atoms with Crippen LogP contribution in [0, 0.1) is 0 Å². The van der Waals surface area contributed by atoms with Gasteiger partial charge in [0.05, 0.1) is 12.6 Å². The quantitative estimate of drug-likeness (QED) is 0.778. The molecular formula is C11H12N4O. The van der Waals surface area contributed by atoms with E-state index in [2.05, 4.69) is 21.2 Å². The highest BCUT2D eigenvalue weighted by atomic mass is 16.5. The minimum absolute atomic E-state index is 0.310. The fraction of sp³-hybridized carbons (Fsp3) is 0.273. The molecule has 82 valence electrons. The number of aromatic nitrogens is 3. The highest BCUT2D eigenvalue weighted by molar-refractivity contribution is 5.46. The van der Waals surface area contributed by atoms with Gasteiger partial charge in [-0.15, -0.1) is 0 Å². The van der Waals surface area contributed by atoms with E-state index in [1.54, 1.807) is 0 Å². The lowest BCUT2D eigenvalue weighted by Crippen LogP contribution is -2.14. The SMILES string of the molecule is NC(c1ncn[nH]1)c1cccc2c1OCC2. The first kappa shape index (κ1) is 9.35. The van der Waals surface area contributed by atoms with Crippen molar-refractivity contribution in [3.05, 3.63) is 41.5 Å². The summed E-state index contributed by atoms with van der Waals surface area (Å²) < 4.78 is 5.61. The molecule has 1 aliphatic heterocycles. The van der Waals surface area contributed by atoms with Gasteiger partial charge in [-0.2, -0.15) is 5.10 Å². The Morgan fingerprint density at radius 3 is 3.19 bits per heavy atom. The summed E-state index contributed by atoms with van der Waals surface area (Å²) >= 11 is 0. The molecule has 0 spiro atoms. The third kappa shape index (κ3) is 1.37. The van der Waals surface area contributed by atoms with Crippen LogP contribution in [0.25, 0.3) is 0 Å². The smallest absolute Gasteiger partial charge is 0.145 e. The van der Waals surface area contributed by atoms with Crippen LogP contribution in [-0.2, 0) is 6.42 Å². The molecule has 1 aromatic carbocycles. The maximum absolute atomic E-state index is 6.12. The second kappa shape index (κ2) is 3.61. The third-order valence-electron chi connectivity index (χ3n) is 2.81. The van der Waals surface area contributed by atoms with Crippen molar-refractivity contribution in [2.75, 3.05) is 6.61 Å². The number of nitrogens with one attached hydrogen (secondary N) is 1. The molecule has 5 heteroatoms. The van der Waals surface area contributed by atoms with Gasteiger partial charge in [-0.25, -0.2) is 4.98 Å². The van der Waals surface area contributed by atoms with Gasteiger partial charge in [0.25, 0.3) is 0 Å². The number of para-hydroxylation sites is 1. The molecule has 1 aliphatic rings. The lowest BCUT2D eigenvalue weighted by atomic mass is 10.0. The molecule has 0 bridgehead atoms. The van der Waals surface area contributed by atoms with E-state index in [9.17, 15) is 0 Å². The number of rotatable bonds is 2. The van der Waals surface area contributed by atoms with Crippen molar-refractivity contribution in [1.82, 2.24) is 15.2 Å². The Balaban J connectivity index is 2.04. The standard InChI is InChI=1S/C11H12N4O/c12-9(11-13-6-14-15-11)8-3-1-2-7-4-5-16-10(7)8/h1-3,6,9H,4-5,12H2,(H,13,14,15). The van der Waals surface area contributed by atoms with E-state index in [-0.39, 0.29) is 6.04 Å². The van der Waals surface area contributed by atoms with E-state index in [1.165, 1.54) is 11.9 Å². The Hall–Kier alpha value is -1.88. The summed E-state index contributed by atoms with van der Waals surface area (Å²) in [4.78, 5) is 4.07. The van der Waals surface area contributed by atoms with Gasteiger partial charge in [-0.1, -0.05) is 18.2 Å². The first-order chi connectivity index (χ1) is 7.86. The summed E-state index contributed by atoms with van der Waals surface area (Å²) in [6.45, 7) is 0.732. The Morgan fingerprint density at radius 2 is 2.38 bits per heavy atom. The maximum Gasteiger partial charge on any atom is 0.145 e. The topological polar surface area (TPSA) is 76.8 Å². The summed E-state index contributed by atoms with van der Waals surface area (Å²) in [5, 5.41) is 6.59. The van der Waals surface area contributed by atoms with Gasteiger partial charge in [0.2, 0.25) is 0 Å². The second-order valence-electron chi connectivity index (χ2n) is 3.78. The van der Waals surface area contributed by atoms with Crippen LogP contribution in [-0.4, -0.2) is 21.8 Å². The van der Waals surface area contributed by atoms with E-state index in [4.69, 9.17) is 10.5 Å². The summed E-state index contributed by atoms with van der Waals surface area (Å²) in [5.74, 6) is 1.57. The van der Waals surface area contributed by atoms with Crippen LogP contribution in [0.4, 0.5) is 0 Å². The van der Waals surface area contributed by atoms with E-state index in [0.717, 1.165) is 24.3 Å². The molecule has 0 saturated carbocycles. The van der Waals surface area contributed by atoms with Crippen LogP contribution in [0.2, 0.25) is 0 Å². The van der Waals surface area contributed by atoms with Crippen LogP contribution in [0.3, 0.4) is 0 Å². The van der Waals surface area contributed by atoms with E-state index in [1.807, 2.05) is 12.1 Å². The molecule has 0 aliphatic carbocycles. The van der Waals surface area contributed by atoms with Crippen LogP contribution in [0.1, 0.15) is 23.0 Å². The number of aromatic amines is 1. The zero-order valence-corrected chi connectivity index (χ0v) is 8.68. The number of ether oxygens (including phenoxy) is 1. The van der Waals surface area contributed by atoms with Gasteiger partial charge < -0.3 is 10.5 Å². The zero-order chi connectivity index (χ0) is 11.0. The Labute approximate surface area is 92.6 Å². The molecular weight excluding hydrogens is 204 g/mol.